The number of nitrogens with zero attached hydrogens (tertiary/aromatic N) is 2. The minimum absolute atomic E-state index is 0.659. The molecule has 0 bridgehead atoms. The zero-order chi connectivity index (χ0) is 11.1. The Balaban J connectivity index is 1.94. The molecule has 4 heteroatoms. The quantitative estimate of drug-likeness (QED) is 0.883. The van der Waals surface area contributed by atoms with Crippen molar-refractivity contribution in [2.24, 2.45) is 7.05 Å². The van der Waals surface area contributed by atoms with Gasteiger partial charge in [0, 0.05) is 19.2 Å². The lowest BCUT2D eigenvalue weighted by molar-refractivity contribution is 0.777. The van der Waals surface area contributed by atoms with E-state index in [4.69, 9.17) is 0 Å². The molecule has 1 fully saturated rings. The molecule has 0 amide bonds. The SMILES string of the molecule is Cc1ccsc1-c1cc(NC2CC2)nn1C. The van der Waals surface area contributed by atoms with Crippen molar-refractivity contribution in [3.63, 3.8) is 0 Å². The Morgan fingerprint density at radius 3 is 2.94 bits per heavy atom. The summed E-state index contributed by atoms with van der Waals surface area (Å²) in [5.74, 6) is 1.01. The number of hydrogen-bond acceptors (Lipinski definition) is 3. The Morgan fingerprint density at radius 1 is 1.50 bits per heavy atom. The Labute approximate surface area is 99.1 Å². The van der Waals surface area contributed by atoms with Gasteiger partial charge in [-0.2, -0.15) is 5.10 Å². The van der Waals surface area contributed by atoms with Gasteiger partial charge < -0.3 is 5.32 Å². The predicted octanol–water partition coefficient (Wildman–Crippen LogP) is 3.03. The fourth-order valence-corrected chi connectivity index (χ4v) is 2.80. The number of aryl methyl sites for hydroxylation is 2. The fourth-order valence-electron chi connectivity index (χ4n) is 1.82. The topological polar surface area (TPSA) is 29.9 Å². The monoisotopic (exact) mass is 233 g/mol. The third-order valence-electron chi connectivity index (χ3n) is 2.90. The molecule has 0 radical (unpaired) electrons. The van der Waals surface area contributed by atoms with Gasteiger partial charge in [-0.1, -0.05) is 0 Å². The van der Waals surface area contributed by atoms with Crippen LogP contribution in [0.25, 0.3) is 10.6 Å². The molecule has 0 atom stereocenters. The molecule has 2 aromatic heterocycles. The first-order chi connectivity index (χ1) is 7.74. The van der Waals surface area contributed by atoms with E-state index in [-0.39, 0.29) is 0 Å². The van der Waals surface area contributed by atoms with Crippen molar-refractivity contribution in [3.8, 4) is 10.6 Å². The molecular formula is C12H15N3S. The maximum Gasteiger partial charge on any atom is 0.148 e. The highest BCUT2D eigenvalue weighted by molar-refractivity contribution is 7.13. The van der Waals surface area contributed by atoms with E-state index in [1.165, 1.54) is 29.0 Å². The van der Waals surface area contributed by atoms with Crippen LogP contribution in [-0.4, -0.2) is 15.8 Å². The van der Waals surface area contributed by atoms with Crippen LogP contribution in [0.1, 0.15) is 18.4 Å². The summed E-state index contributed by atoms with van der Waals surface area (Å²) in [6, 6.07) is 4.96. The highest BCUT2D eigenvalue weighted by Gasteiger charge is 2.22. The number of aromatic nitrogens is 2. The summed E-state index contributed by atoms with van der Waals surface area (Å²) in [5, 5.41) is 10.1. The number of thiophene rings is 1. The summed E-state index contributed by atoms with van der Waals surface area (Å²) in [6.07, 6.45) is 2.56. The summed E-state index contributed by atoms with van der Waals surface area (Å²) in [6.45, 7) is 2.15. The van der Waals surface area contributed by atoms with Crippen molar-refractivity contribution < 1.29 is 0 Å². The number of anilines is 1. The summed E-state index contributed by atoms with van der Waals surface area (Å²) in [4.78, 5) is 1.32. The first-order valence-corrected chi connectivity index (χ1v) is 6.47. The molecule has 3 nitrogen and oxygen atoms in total. The fraction of sp³-hybridized carbons (Fsp3) is 0.417. The van der Waals surface area contributed by atoms with E-state index in [9.17, 15) is 0 Å². The maximum atomic E-state index is 4.50. The van der Waals surface area contributed by atoms with Crippen LogP contribution in [0.4, 0.5) is 5.82 Å². The summed E-state index contributed by atoms with van der Waals surface area (Å²) < 4.78 is 1.96. The van der Waals surface area contributed by atoms with Crippen LogP contribution >= 0.6 is 11.3 Å². The molecule has 0 aliphatic heterocycles. The van der Waals surface area contributed by atoms with E-state index in [1.807, 2.05) is 11.7 Å². The van der Waals surface area contributed by atoms with Crippen molar-refractivity contribution in [3.05, 3.63) is 23.1 Å². The van der Waals surface area contributed by atoms with Crippen molar-refractivity contribution in [2.75, 3.05) is 5.32 Å². The second-order valence-corrected chi connectivity index (χ2v) is 5.31. The molecule has 1 aliphatic carbocycles. The van der Waals surface area contributed by atoms with E-state index >= 15 is 0 Å². The average molecular weight is 233 g/mol. The summed E-state index contributed by atoms with van der Waals surface area (Å²) in [7, 11) is 2.01. The molecule has 0 unspecified atom stereocenters. The molecule has 0 spiro atoms. The van der Waals surface area contributed by atoms with Gasteiger partial charge in [-0.05, 0) is 36.8 Å². The molecule has 0 saturated heterocycles. The van der Waals surface area contributed by atoms with Crippen molar-refractivity contribution in [2.45, 2.75) is 25.8 Å². The second kappa shape index (κ2) is 3.63. The smallest absolute Gasteiger partial charge is 0.148 e. The minimum Gasteiger partial charge on any atom is -0.366 e. The molecule has 0 aromatic carbocycles. The van der Waals surface area contributed by atoms with E-state index in [0.717, 1.165) is 5.82 Å². The third kappa shape index (κ3) is 1.73. The lowest BCUT2D eigenvalue weighted by Crippen LogP contribution is -2.01. The van der Waals surface area contributed by atoms with Gasteiger partial charge in [-0.15, -0.1) is 11.3 Å². The normalized spacial score (nSPS) is 15.4. The van der Waals surface area contributed by atoms with Crippen LogP contribution in [0.3, 0.4) is 0 Å². The predicted molar refractivity (Wildman–Crippen MR) is 67.9 cm³/mol. The van der Waals surface area contributed by atoms with Gasteiger partial charge in [-0.25, -0.2) is 0 Å². The number of nitrogens with one attached hydrogen (secondary N) is 1. The molecule has 2 heterocycles. The molecule has 1 N–H and O–H groups in total. The van der Waals surface area contributed by atoms with Crippen LogP contribution < -0.4 is 5.32 Å². The number of hydrogen-bond donors (Lipinski definition) is 1. The Bertz CT molecular complexity index is 508. The van der Waals surface area contributed by atoms with Gasteiger partial charge in [0.1, 0.15) is 5.82 Å². The first kappa shape index (κ1) is 9.90. The lowest BCUT2D eigenvalue weighted by Gasteiger charge is -1.98. The largest absolute Gasteiger partial charge is 0.366 e. The van der Waals surface area contributed by atoms with E-state index in [2.05, 4.69) is 34.9 Å². The summed E-state index contributed by atoms with van der Waals surface area (Å²) >= 11 is 1.78. The standard InChI is InChI=1S/C12H15N3S/c1-8-5-6-16-12(8)10-7-11(14-15(10)2)13-9-3-4-9/h5-7,9H,3-4H2,1-2H3,(H,13,14). The second-order valence-electron chi connectivity index (χ2n) is 4.39. The van der Waals surface area contributed by atoms with E-state index in [0.29, 0.717) is 6.04 Å². The van der Waals surface area contributed by atoms with Gasteiger partial charge in [0.25, 0.3) is 0 Å². The molecule has 84 valence electrons. The molecule has 1 aliphatic rings. The molecular weight excluding hydrogens is 218 g/mol. The van der Waals surface area contributed by atoms with Crippen LogP contribution in [0.5, 0.6) is 0 Å². The van der Waals surface area contributed by atoms with Gasteiger partial charge in [0.05, 0.1) is 10.6 Å². The highest BCUT2D eigenvalue weighted by atomic mass is 32.1. The highest BCUT2D eigenvalue weighted by Crippen LogP contribution is 2.31. The average Bonchev–Trinajstić information content (AvgIpc) is 2.84. The van der Waals surface area contributed by atoms with Gasteiger partial charge in [0.15, 0.2) is 0 Å². The minimum atomic E-state index is 0.659. The lowest BCUT2D eigenvalue weighted by atomic mass is 10.2. The molecule has 16 heavy (non-hydrogen) atoms. The summed E-state index contributed by atoms with van der Waals surface area (Å²) in [5.41, 5.74) is 2.53. The van der Waals surface area contributed by atoms with Crippen molar-refractivity contribution >= 4 is 17.2 Å². The molecule has 3 rings (SSSR count). The van der Waals surface area contributed by atoms with Crippen molar-refractivity contribution in [1.82, 2.24) is 9.78 Å². The third-order valence-corrected chi connectivity index (χ3v) is 3.94. The number of rotatable bonds is 3. The van der Waals surface area contributed by atoms with Crippen LogP contribution in [0.15, 0.2) is 17.5 Å². The molecule has 2 aromatic rings. The van der Waals surface area contributed by atoms with E-state index < -0.39 is 0 Å². The zero-order valence-electron chi connectivity index (χ0n) is 9.53. The maximum absolute atomic E-state index is 4.50. The van der Waals surface area contributed by atoms with Gasteiger partial charge in [0.2, 0.25) is 0 Å². The van der Waals surface area contributed by atoms with Gasteiger partial charge in [-0.3, -0.25) is 4.68 Å². The Hall–Kier alpha value is -1.29. The van der Waals surface area contributed by atoms with Crippen molar-refractivity contribution in [1.29, 1.82) is 0 Å². The van der Waals surface area contributed by atoms with Crippen LogP contribution in [0, 0.1) is 6.92 Å². The molecule has 1 saturated carbocycles. The Kier molecular flexibility index (Phi) is 2.24. The van der Waals surface area contributed by atoms with E-state index in [1.54, 1.807) is 11.3 Å². The zero-order valence-corrected chi connectivity index (χ0v) is 10.3. The first-order valence-electron chi connectivity index (χ1n) is 5.59. The van der Waals surface area contributed by atoms with Crippen LogP contribution in [0.2, 0.25) is 0 Å². The Morgan fingerprint density at radius 2 is 2.31 bits per heavy atom. The van der Waals surface area contributed by atoms with Gasteiger partial charge >= 0.3 is 0 Å². The van der Waals surface area contributed by atoms with Crippen LogP contribution in [-0.2, 0) is 7.05 Å².